The summed E-state index contributed by atoms with van der Waals surface area (Å²) in [5.74, 6) is 0. The van der Waals surface area contributed by atoms with Crippen LogP contribution in [0.5, 0.6) is 0 Å². The van der Waals surface area contributed by atoms with E-state index < -0.39 is 0 Å². The van der Waals surface area contributed by atoms with Gasteiger partial charge in [-0.3, -0.25) is 0 Å². The van der Waals surface area contributed by atoms with E-state index >= 15 is 0 Å². The molecule has 1 aliphatic carbocycles. The van der Waals surface area contributed by atoms with E-state index in [4.69, 9.17) is 5.73 Å². The lowest BCUT2D eigenvalue weighted by molar-refractivity contribution is 0.706. The molecule has 1 saturated carbocycles. The minimum Gasteiger partial charge on any atom is -0.367 e. The number of rotatable bonds is 2. The van der Waals surface area contributed by atoms with Crippen LogP contribution in [0.4, 0.5) is 0 Å². The van der Waals surface area contributed by atoms with Gasteiger partial charge >= 0.3 is 0 Å². The molecular formula is C8H12N2. The van der Waals surface area contributed by atoms with E-state index in [-0.39, 0.29) is 0 Å². The second kappa shape index (κ2) is 1.86. The number of aromatic nitrogens is 1. The summed E-state index contributed by atoms with van der Waals surface area (Å²) < 4.78 is 0. The molecule has 2 nitrogen and oxygen atoms in total. The largest absolute Gasteiger partial charge is 0.367 e. The molecule has 1 aliphatic rings. The molecule has 3 N–H and O–H groups in total. The van der Waals surface area contributed by atoms with Crippen LogP contribution in [0.1, 0.15) is 18.4 Å². The van der Waals surface area contributed by atoms with E-state index in [9.17, 15) is 0 Å². The summed E-state index contributed by atoms with van der Waals surface area (Å²) in [5.41, 5.74) is 7.39. The molecule has 0 atom stereocenters. The molecule has 0 saturated heterocycles. The number of nitrogens with one attached hydrogen (secondary N) is 1. The van der Waals surface area contributed by atoms with Crippen LogP contribution in [0.2, 0.25) is 0 Å². The number of hydrogen-bond acceptors (Lipinski definition) is 1. The van der Waals surface area contributed by atoms with Crippen molar-refractivity contribution in [1.29, 1.82) is 0 Å². The lowest BCUT2D eigenvalue weighted by Gasteiger charge is -2.07. The Morgan fingerprint density at radius 3 is 2.80 bits per heavy atom. The van der Waals surface area contributed by atoms with Crippen molar-refractivity contribution in [2.24, 2.45) is 5.73 Å². The Bertz CT molecular complexity index is 209. The molecule has 1 heterocycles. The third kappa shape index (κ3) is 0.688. The van der Waals surface area contributed by atoms with Gasteiger partial charge in [0.1, 0.15) is 0 Å². The van der Waals surface area contributed by atoms with Crippen LogP contribution in [0, 0.1) is 0 Å². The minimum atomic E-state index is 0.361. The quantitative estimate of drug-likeness (QED) is 0.626. The van der Waals surface area contributed by atoms with E-state index in [0.717, 1.165) is 6.54 Å². The highest BCUT2D eigenvalue weighted by atomic mass is 14.7. The molecular weight excluding hydrogens is 124 g/mol. The second-order valence-electron chi connectivity index (χ2n) is 3.08. The van der Waals surface area contributed by atoms with Gasteiger partial charge in [0.15, 0.2) is 0 Å². The Morgan fingerprint density at radius 1 is 1.60 bits per heavy atom. The lowest BCUT2D eigenvalue weighted by Crippen LogP contribution is -2.18. The van der Waals surface area contributed by atoms with Gasteiger partial charge in [-0.2, -0.15) is 0 Å². The highest BCUT2D eigenvalue weighted by molar-refractivity contribution is 5.29. The fourth-order valence-corrected chi connectivity index (χ4v) is 1.42. The van der Waals surface area contributed by atoms with E-state index in [1.165, 1.54) is 18.4 Å². The van der Waals surface area contributed by atoms with E-state index in [1.54, 1.807) is 0 Å². The summed E-state index contributed by atoms with van der Waals surface area (Å²) in [6.45, 7) is 0.796. The van der Waals surface area contributed by atoms with Gasteiger partial charge in [-0.1, -0.05) is 0 Å². The van der Waals surface area contributed by atoms with Gasteiger partial charge in [-0.25, -0.2) is 0 Å². The van der Waals surface area contributed by atoms with Gasteiger partial charge < -0.3 is 10.7 Å². The SMILES string of the molecule is NCC1(c2cc[nH]c2)CC1. The van der Waals surface area contributed by atoms with Crippen LogP contribution in [0.25, 0.3) is 0 Å². The molecule has 0 aromatic carbocycles. The van der Waals surface area contributed by atoms with E-state index in [0.29, 0.717) is 5.41 Å². The van der Waals surface area contributed by atoms with E-state index in [2.05, 4.69) is 17.2 Å². The van der Waals surface area contributed by atoms with Crippen LogP contribution >= 0.6 is 0 Å². The minimum absolute atomic E-state index is 0.361. The smallest absolute Gasteiger partial charge is 0.00911 e. The molecule has 0 unspecified atom stereocenters. The Hall–Kier alpha value is -0.760. The van der Waals surface area contributed by atoms with Gasteiger partial charge in [-0.15, -0.1) is 0 Å². The second-order valence-corrected chi connectivity index (χ2v) is 3.08. The van der Waals surface area contributed by atoms with Crippen LogP contribution in [-0.2, 0) is 5.41 Å². The first-order chi connectivity index (χ1) is 4.87. The van der Waals surface area contributed by atoms with E-state index in [1.807, 2.05) is 6.20 Å². The summed E-state index contributed by atoms with van der Waals surface area (Å²) in [7, 11) is 0. The number of nitrogens with two attached hydrogens (primary N) is 1. The van der Waals surface area contributed by atoms with Gasteiger partial charge in [-0.05, 0) is 24.5 Å². The summed E-state index contributed by atoms with van der Waals surface area (Å²) in [6.07, 6.45) is 6.55. The molecule has 1 fully saturated rings. The predicted molar refractivity (Wildman–Crippen MR) is 40.8 cm³/mol. The van der Waals surface area contributed by atoms with Crippen LogP contribution < -0.4 is 5.73 Å². The Morgan fingerprint density at radius 2 is 2.40 bits per heavy atom. The first-order valence-corrected chi connectivity index (χ1v) is 3.71. The standard InChI is InChI=1S/C8H12N2/c9-6-8(2-3-8)7-1-4-10-5-7/h1,4-5,10H,2-3,6,9H2. The molecule has 10 heavy (non-hydrogen) atoms. The third-order valence-corrected chi connectivity index (χ3v) is 2.45. The highest BCUT2D eigenvalue weighted by Gasteiger charge is 2.42. The molecule has 2 heteroatoms. The third-order valence-electron chi connectivity index (χ3n) is 2.45. The van der Waals surface area contributed by atoms with Crippen molar-refractivity contribution in [3.8, 4) is 0 Å². The van der Waals surface area contributed by atoms with Crippen molar-refractivity contribution < 1.29 is 0 Å². The molecule has 0 bridgehead atoms. The van der Waals surface area contributed by atoms with Crippen molar-refractivity contribution in [1.82, 2.24) is 4.98 Å². The average molecular weight is 136 g/mol. The Labute approximate surface area is 60.4 Å². The molecule has 0 amide bonds. The van der Waals surface area contributed by atoms with Gasteiger partial charge in [0.2, 0.25) is 0 Å². The summed E-state index contributed by atoms with van der Waals surface area (Å²) in [6, 6.07) is 2.12. The molecule has 0 aliphatic heterocycles. The fraction of sp³-hybridized carbons (Fsp3) is 0.500. The molecule has 1 aromatic rings. The van der Waals surface area contributed by atoms with Gasteiger partial charge in [0, 0.05) is 24.4 Å². The normalized spacial score (nSPS) is 20.9. The van der Waals surface area contributed by atoms with Gasteiger partial charge in [0.25, 0.3) is 0 Å². The maximum absolute atomic E-state index is 5.65. The van der Waals surface area contributed by atoms with Crippen molar-refractivity contribution in [3.63, 3.8) is 0 Å². The maximum atomic E-state index is 5.65. The molecule has 2 rings (SSSR count). The lowest BCUT2D eigenvalue weighted by atomic mass is 10.00. The maximum Gasteiger partial charge on any atom is 0.00911 e. The molecule has 0 spiro atoms. The van der Waals surface area contributed by atoms with Gasteiger partial charge in [0.05, 0.1) is 0 Å². The zero-order valence-corrected chi connectivity index (χ0v) is 5.93. The highest BCUT2D eigenvalue weighted by Crippen LogP contribution is 2.46. The zero-order chi connectivity index (χ0) is 7.03. The Kier molecular flexibility index (Phi) is 1.11. The van der Waals surface area contributed by atoms with Crippen LogP contribution in [0.15, 0.2) is 18.5 Å². The van der Waals surface area contributed by atoms with Crippen molar-refractivity contribution >= 4 is 0 Å². The number of aromatic amines is 1. The predicted octanol–water partition coefficient (Wildman–Crippen LogP) is 1.00. The molecule has 0 radical (unpaired) electrons. The fourth-order valence-electron chi connectivity index (χ4n) is 1.42. The van der Waals surface area contributed by atoms with Crippen molar-refractivity contribution in [2.75, 3.05) is 6.54 Å². The number of H-pyrrole nitrogens is 1. The monoisotopic (exact) mass is 136 g/mol. The summed E-state index contributed by atoms with van der Waals surface area (Å²) in [5, 5.41) is 0. The zero-order valence-electron chi connectivity index (χ0n) is 5.93. The summed E-state index contributed by atoms with van der Waals surface area (Å²) >= 11 is 0. The molecule has 54 valence electrons. The van der Waals surface area contributed by atoms with Crippen LogP contribution in [0.3, 0.4) is 0 Å². The summed E-state index contributed by atoms with van der Waals surface area (Å²) in [4.78, 5) is 3.05. The van der Waals surface area contributed by atoms with Crippen LogP contribution in [-0.4, -0.2) is 11.5 Å². The van der Waals surface area contributed by atoms with Crippen molar-refractivity contribution in [3.05, 3.63) is 24.0 Å². The first kappa shape index (κ1) is 5.98. The number of hydrogen-bond donors (Lipinski definition) is 2. The first-order valence-electron chi connectivity index (χ1n) is 3.71. The molecule has 1 aromatic heterocycles. The topological polar surface area (TPSA) is 41.8 Å². The van der Waals surface area contributed by atoms with Crippen molar-refractivity contribution in [2.45, 2.75) is 18.3 Å². The average Bonchev–Trinajstić information content (AvgIpc) is 2.58. The Balaban J connectivity index is 2.27.